The molecule has 152 valence electrons. The summed E-state index contributed by atoms with van der Waals surface area (Å²) in [6.07, 6.45) is 4.98. The van der Waals surface area contributed by atoms with Crippen molar-refractivity contribution in [2.75, 3.05) is 26.3 Å². The van der Waals surface area contributed by atoms with Gasteiger partial charge in [0.05, 0.1) is 13.2 Å². The van der Waals surface area contributed by atoms with Crippen LogP contribution in [-0.2, 0) is 16.0 Å². The lowest BCUT2D eigenvalue weighted by Crippen LogP contribution is -2.40. The van der Waals surface area contributed by atoms with Crippen LogP contribution in [0, 0.1) is 5.92 Å². The van der Waals surface area contributed by atoms with Crippen LogP contribution in [0.15, 0.2) is 60.9 Å². The third kappa shape index (κ3) is 3.85. The van der Waals surface area contributed by atoms with Gasteiger partial charge in [-0.25, -0.2) is 0 Å². The summed E-state index contributed by atoms with van der Waals surface area (Å²) in [5.74, 6) is 0.704. The monoisotopic (exact) mass is 400 g/mol. The van der Waals surface area contributed by atoms with Crippen LogP contribution < -0.4 is 0 Å². The minimum absolute atomic E-state index is 0.0553. The number of Topliss-reactive ketones (excluding diaryl/α,β-unsaturated/α-hetero) is 1. The topological polar surface area (TPSA) is 59.5 Å². The number of hydrogen-bond acceptors (Lipinski definition) is 4. The van der Waals surface area contributed by atoms with Gasteiger partial charge in [0.2, 0.25) is 0 Å². The molecule has 2 atom stereocenters. The van der Waals surface area contributed by atoms with Crippen molar-refractivity contribution in [3.05, 3.63) is 77.6 Å². The molecule has 5 rings (SSSR count). The Kier molecular flexibility index (Phi) is 5.05. The second-order valence-corrected chi connectivity index (χ2v) is 8.18. The zero-order valence-corrected chi connectivity index (χ0v) is 16.8. The molecular weight excluding hydrogens is 376 g/mol. The fourth-order valence-corrected chi connectivity index (χ4v) is 4.32. The molecule has 1 aromatic heterocycles. The van der Waals surface area contributed by atoms with Gasteiger partial charge in [-0.3, -0.25) is 14.6 Å². The van der Waals surface area contributed by atoms with Crippen molar-refractivity contribution < 1.29 is 14.3 Å². The van der Waals surface area contributed by atoms with Crippen LogP contribution in [0.2, 0.25) is 0 Å². The lowest BCUT2D eigenvalue weighted by molar-refractivity contribution is -0.119. The number of benzene rings is 2. The number of pyridine rings is 1. The maximum absolute atomic E-state index is 12.8. The second-order valence-electron chi connectivity index (χ2n) is 8.18. The number of aromatic nitrogens is 1. The van der Waals surface area contributed by atoms with Crippen LogP contribution >= 0.6 is 0 Å². The Hall–Kier alpha value is -3.05. The Balaban J connectivity index is 1.21. The Bertz CT molecular complexity index is 1090. The van der Waals surface area contributed by atoms with Crippen molar-refractivity contribution in [3.63, 3.8) is 0 Å². The molecule has 2 aliphatic rings. The molecule has 0 radical (unpaired) electrons. The molecule has 0 bridgehead atoms. The normalized spacial score (nSPS) is 20.9. The van der Waals surface area contributed by atoms with E-state index in [9.17, 15) is 9.59 Å². The van der Waals surface area contributed by atoms with Crippen LogP contribution in [0.25, 0.3) is 10.8 Å². The number of fused-ring (bicyclic) bond motifs is 1. The van der Waals surface area contributed by atoms with E-state index in [4.69, 9.17) is 4.74 Å². The molecule has 3 aromatic rings. The van der Waals surface area contributed by atoms with Gasteiger partial charge in [0.25, 0.3) is 5.91 Å². The number of carbonyl (C=O) groups excluding carboxylic acids is 2. The van der Waals surface area contributed by atoms with E-state index in [2.05, 4.69) is 11.1 Å². The van der Waals surface area contributed by atoms with Gasteiger partial charge >= 0.3 is 0 Å². The van der Waals surface area contributed by atoms with E-state index in [1.807, 2.05) is 53.6 Å². The molecule has 0 N–H and O–H groups in total. The number of amides is 1. The van der Waals surface area contributed by atoms with Gasteiger partial charge in [0.1, 0.15) is 5.78 Å². The average molecular weight is 400 g/mol. The fraction of sp³-hybridized carbons (Fsp3) is 0.320. The molecule has 2 fully saturated rings. The first-order valence-electron chi connectivity index (χ1n) is 10.5. The highest BCUT2D eigenvalue weighted by atomic mass is 16.5. The Morgan fingerprint density at radius 1 is 1.00 bits per heavy atom. The largest absolute Gasteiger partial charge is 0.378 e. The minimum atomic E-state index is 0.0553. The Morgan fingerprint density at radius 2 is 1.80 bits per heavy atom. The van der Waals surface area contributed by atoms with Crippen molar-refractivity contribution in [2.24, 2.45) is 5.92 Å². The SMILES string of the molecule is O=C(Cc1ccc2cnccc2c1)[C@@H]1C[C@H]1c1ccc(C(=O)N2CCOCC2)cc1. The van der Waals surface area contributed by atoms with E-state index in [-0.39, 0.29) is 17.7 Å². The number of hydrogen-bond donors (Lipinski definition) is 0. The summed E-state index contributed by atoms with van der Waals surface area (Å²) in [6, 6.07) is 15.9. The molecule has 5 heteroatoms. The van der Waals surface area contributed by atoms with E-state index in [0.29, 0.717) is 44.1 Å². The molecule has 1 aliphatic carbocycles. The smallest absolute Gasteiger partial charge is 0.254 e. The number of carbonyl (C=O) groups is 2. The van der Waals surface area contributed by atoms with Crippen molar-refractivity contribution in [1.82, 2.24) is 9.88 Å². The first kappa shape index (κ1) is 18.9. The predicted octanol–water partition coefficient (Wildman–Crippen LogP) is 3.62. The number of morpholine rings is 1. The third-order valence-electron chi connectivity index (χ3n) is 6.17. The predicted molar refractivity (Wildman–Crippen MR) is 114 cm³/mol. The van der Waals surface area contributed by atoms with E-state index in [1.54, 1.807) is 6.20 Å². The van der Waals surface area contributed by atoms with Gasteiger partial charge in [-0.05, 0) is 47.1 Å². The van der Waals surface area contributed by atoms with Gasteiger partial charge in [-0.15, -0.1) is 0 Å². The standard InChI is InChI=1S/C25H24N2O3/c28-24(14-17-1-2-21-16-26-8-7-20(21)13-17)23-15-22(23)18-3-5-19(6-4-18)25(29)27-9-11-30-12-10-27/h1-8,13,16,22-23H,9-12,14-15H2/t22-,23+/m0/s1. The van der Waals surface area contributed by atoms with E-state index in [1.165, 1.54) is 0 Å². The molecule has 1 saturated heterocycles. The van der Waals surface area contributed by atoms with Crippen molar-refractivity contribution in [2.45, 2.75) is 18.8 Å². The molecule has 5 nitrogen and oxygen atoms in total. The van der Waals surface area contributed by atoms with Gasteiger partial charge in [0, 0.05) is 48.8 Å². The number of nitrogens with zero attached hydrogens (tertiary/aromatic N) is 2. The Morgan fingerprint density at radius 3 is 2.60 bits per heavy atom. The lowest BCUT2D eigenvalue weighted by Gasteiger charge is -2.26. The average Bonchev–Trinajstić information content (AvgIpc) is 3.60. The van der Waals surface area contributed by atoms with Crippen LogP contribution in [0.3, 0.4) is 0 Å². The lowest BCUT2D eigenvalue weighted by atomic mass is 10.00. The van der Waals surface area contributed by atoms with Gasteiger partial charge in [0.15, 0.2) is 0 Å². The minimum Gasteiger partial charge on any atom is -0.378 e. The van der Waals surface area contributed by atoms with E-state index in [0.717, 1.165) is 28.3 Å². The molecular formula is C25H24N2O3. The first-order chi connectivity index (χ1) is 14.7. The molecule has 1 saturated carbocycles. The molecule has 1 aliphatic heterocycles. The second kappa shape index (κ2) is 8.00. The first-order valence-corrected chi connectivity index (χ1v) is 10.5. The van der Waals surface area contributed by atoms with Crippen molar-refractivity contribution in [1.29, 1.82) is 0 Å². The van der Waals surface area contributed by atoms with Crippen molar-refractivity contribution in [3.8, 4) is 0 Å². The number of ether oxygens (including phenoxy) is 1. The summed E-state index contributed by atoms with van der Waals surface area (Å²) in [4.78, 5) is 31.3. The van der Waals surface area contributed by atoms with Crippen LogP contribution in [0.5, 0.6) is 0 Å². The molecule has 2 aromatic carbocycles. The summed E-state index contributed by atoms with van der Waals surface area (Å²) in [5.41, 5.74) is 2.90. The summed E-state index contributed by atoms with van der Waals surface area (Å²) in [7, 11) is 0. The maximum atomic E-state index is 12.8. The van der Waals surface area contributed by atoms with Gasteiger partial charge in [-0.2, -0.15) is 0 Å². The molecule has 30 heavy (non-hydrogen) atoms. The molecule has 0 unspecified atom stereocenters. The summed E-state index contributed by atoms with van der Waals surface area (Å²) < 4.78 is 5.31. The van der Waals surface area contributed by atoms with Crippen LogP contribution in [-0.4, -0.2) is 47.9 Å². The summed E-state index contributed by atoms with van der Waals surface area (Å²) in [5, 5.41) is 2.20. The summed E-state index contributed by atoms with van der Waals surface area (Å²) >= 11 is 0. The number of rotatable bonds is 5. The summed E-state index contributed by atoms with van der Waals surface area (Å²) in [6.45, 7) is 2.49. The van der Waals surface area contributed by atoms with Crippen LogP contribution in [0.1, 0.15) is 33.8 Å². The van der Waals surface area contributed by atoms with Crippen molar-refractivity contribution >= 4 is 22.5 Å². The highest BCUT2D eigenvalue weighted by molar-refractivity contribution is 5.94. The van der Waals surface area contributed by atoms with Gasteiger partial charge in [-0.1, -0.05) is 30.3 Å². The van der Waals surface area contributed by atoms with E-state index >= 15 is 0 Å². The number of ketones is 1. The van der Waals surface area contributed by atoms with E-state index < -0.39 is 0 Å². The third-order valence-corrected chi connectivity index (χ3v) is 6.17. The Labute approximate surface area is 175 Å². The zero-order chi connectivity index (χ0) is 20.5. The highest BCUT2D eigenvalue weighted by Crippen LogP contribution is 2.48. The zero-order valence-electron chi connectivity index (χ0n) is 16.8. The molecule has 1 amide bonds. The highest BCUT2D eigenvalue weighted by Gasteiger charge is 2.43. The quantitative estimate of drug-likeness (QED) is 0.656. The maximum Gasteiger partial charge on any atom is 0.254 e. The fourth-order valence-electron chi connectivity index (χ4n) is 4.32. The van der Waals surface area contributed by atoms with Gasteiger partial charge < -0.3 is 9.64 Å². The molecule has 0 spiro atoms. The van der Waals surface area contributed by atoms with Crippen LogP contribution in [0.4, 0.5) is 0 Å². The molecule has 2 heterocycles.